The number of azo groups is 1. The zero-order valence-electron chi connectivity index (χ0n) is 25.4. The summed E-state index contributed by atoms with van der Waals surface area (Å²) < 4.78 is 5.49. The molecular weight excluding hydrogens is 624 g/mol. The number of carbonyl (C=O) groups excluding carboxylic acids is 4. The zero-order chi connectivity index (χ0) is 31.5. The SMILES string of the molecule is CCC(CC)N1C(=O)c2c(N=NC3=C([O-])c4cc(N(CC)CC)ccc4C3=O)ccc(C(=O)OCc3ccccc3)c2C1=O.[Cu+2]. The van der Waals surface area contributed by atoms with Crippen LogP contribution in [0.15, 0.2) is 76.6 Å². The first-order chi connectivity index (χ1) is 21.2. The molecule has 0 aromatic heterocycles. The van der Waals surface area contributed by atoms with Crippen LogP contribution in [-0.2, 0) is 28.4 Å². The number of anilines is 1. The average Bonchev–Trinajstić information content (AvgIpc) is 3.45. The van der Waals surface area contributed by atoms with Crippen LogP contribution in [-0.4, -0.2) is 47.6 Å². The number of hydrogen-bond donors (Lipinski definition) is 0. The molecule has 1 aliphatic heterocycles. The normalized spacial score (nSPS) is 13.9. The monoisotopic (exact) mass is 656 g/mol. The van der Waals surface area contributed by atoms with Gasteiger partial charge in [0.15, 0.2) is 0 Å². The molecule has 3 aromatic rings. The van der Waals surface area contributed by atoms with E-state index in [-0.39, 0.29) is 62.9 Å². The average molecular weight is 657 g/mol. The topological polar surface area (TPSA) is 132 Å². The van der Waals surface area contributed by atoms with Crippen LogP contribution in [0.4, 0.5) is 11.4 Å². The summed E-state index contributed by atoms with van der Waals surface area (Å²) in [4.78, 5) is 56.9. The van der Waals surface area contributed by atoms with Crippen LogP contribution in [0.3, 0.4) is 0 Å². The Hall–Kier alpha value is -4.60. The molecule has 3 aromatic carbocycles. The van der Waals surface area contributed by atoms with Gasteiger partial charge in [-0.2, -0.15) is 0 Å². The van der Waals surface area contributed by atoms with Crippen LogP contribution < -0.4 is 10.0 Å². The van der Waals surface area contributed by atoms with Crippen molar-refractivity contribution in [3.8, 4) is 0 Å². The molecule has 1 radical (unpaired) electrons. The van der Waals surface area contributed by atoms with Gasteiger partial charge in [-0.15, -0.1) is 10.2 Å². The molecule has 0 spiro atoms. The minimum atomic E-state index is -0.767. The number of hydrogen-bond acceptors (Lipinski definition) is 9. The summed E-state index contributed by atoms with van der Waals surface area (Å²) in [7, 11) is 0. The standard InChI is InChI=1S/C34H34N4O6.Cu/c1-5-21(6-2)38-32(41)27-24(34(43)44-19-20-12-10-9-11-13-20)16-17-26(28(27)33(38)42)35-36-29-30(39)23-15-14-22(37(7-3)8-4)18-25(23)31(29)40;/h9-18,21,40H,5-8,19H2,1-4H3;/q;+2/p-1. The van der Waals surface area contributed by atoms with Crippen LogP contribution >= 0.6 is 0 Å². The maximum atomic E-state index is 13.7. The van der Waals surface area contributed by atoms with Gasteiger partial charge in [0, 0.05) is 30.4 Å². The molecule has 0 N–H and O–H groups in total. The number of carbonyl (C=O) groups is 4. The molecule has 235 valence electrons. The van der Waals surface area contributed by atoms with Crippen molar-refractivity contribution in [1.82, 2.24) is 4.90 Å². The number of fused-ring (bicyclic) bond motifs is 2. The van der Waals surface area contributed by atoms with Crippen molar-refractivity contribution in [3.05, 3.63) is 99.7 Å². The number of ketones is 1. The van der Waals surface area contributed by atoms with Gasteiger partial charge < -0.3 is 14.7 Å². The summed E-state index contributed by atoms with van der Waals surface area (Å²) in [5.41, 5.74) is 1.32. The molecular formula is C34H33CuN4O6+. The molecule has 45 heavy (non-hydrogen) atoms. The molecule has 0 saturated carbocycles. The number of imide groups is 1. The number of esters is 1. The molecule has 1 aliphatic carbocycles. The Morgan fingerprint density at radius 3 is 2.18 bits per heavy atom. The second kappa shape index (κ2) is 14.0. The van der Waals surface area contributed by atoms with Gasteiger partial charge in [-0.05, 0) is 68.1 Å². The first kappa shape index (κ1) is 33.3. The summed E-state index contributed by atoms with van der Waals surface area (Å²) in [5.74, 6) is -3.15. The molecule has 0 saturated heterocycles. The Morgan fingerprint density at radius 1 is 0.867 bits per heavy atom. The Labute approximate surface area is 272 Å². The van der Waals surface area contributed by atoms with Gasteiger partial charge in [-0.1, -0.05) is 49.9 Å². The first-order valence-corrected chi connectivity index (χ1v) is 14.8. The third kappa shape index (κ3) is 6.06. The quantitative estimate of drug-likeness (QED) is 0.112. The van der Waals surface area contributed by atoms with Crippen molar-refractivity contribution >= 4 is 40.7 Å². The molecule has 2 amide bonds. The van der Waals surface area contributed by atoms with Crippen LogP contribution in [0.1, 0.15) is 93.1 Å². The van der Waals surface area contributed by atoms with E-state index in [9.17, 15) is 24.3 Å². The van der Waals surface area contributed by atoms with Gasteiger partial charge in [0.25, 0.3) is 11.8 Å². The van der Waals surface area contributed by atoms with Gasteiger partial charge in [0.2, 0.25) is 5.78 Å². The Morgan fingerprint density at radius 2 is 1.53 bits per heavy atom. The molecule has 0 bridgehead atoms. The van der Waals surface area contributed by atoms with E-state index >= 15 is 0 Å². The summed E-state index contributed by atoms with van der Waals surface area (Å²) in [6.45, 7) is 9.17. The van der Waals surface area contributed by atoms with Crippen molar-refractivity contribution in [3.63, 3.8) is 0 Å². The van der Waals surface area contributed by atoms with Gasteiger partial charge in [-0.3, -0.25) is 19.3 Å². The number of ether oxygens (including phenoxy) is 1. The van der Waals surface area contributed by atoms with E-state index in [4.69, 9.17) is 4.74 Å². The van der Waals surface area contributed by atoms with Crippen LogP contribution in [0.5, 0.6) is 0 Å². The Balaban J connectivity index is 0.00000461. The second-order valence-corrected chi connectivity index (χ2v) is 10.5. The summed E-state index contributed by atoms with van der Waals surface area (Å²) >= 11 is 0. The minimum absolute atomic E-state index is 0. The number of allylic oxidation sites excluding steroid dienone is 1. The predicted molar refractivity (Wildman–Crippen MR) is 163 cm³/mol. The molecule has 1 heterocycles. The fraction of sp³-hybridized carbons (Fsp3) is 0.294. The maximum absolute atomic E-state index is 13.7. The van der Waals surface area contributed by atoms with Crippen molar-refractivity contribution in [2.75, 3.05) is 18.0 Å². The van der Waals surface area contributed by atoms with Gasteiger partial charge in [-0.25, -0.2) is 4.79 Å². The van der Waals surface area contributed by atoms with Crippen molar-refractivity contribution in [1.29, 1.82) is 0 Å². The molecule has 0 unspecified atom stereocenters. The van der Waals surface area contributed by atoms with E-state index in [1.807, 2.05) is 45.9 Å². The van der Waals surface area contributed by atoms with Crippen LogP contribution in [0.2, 0.25) is 0 Å². The number of rotatable bonds is 11. The smallest absolute Gasteiger partial charge is 0.870 e. The molecule has 5 rings (SSSR count). The third-order valence-corrected chi connectivity index (χ3v) is 8.10. The van der Waals surface area contributed by atoms with E-state index in [1.165, 1.54) is 12.1 Å². The summed E-state index contributed by atoms with van der Waals surface area (Å²) in [5, 5.41) is 21.4. The van der Waals surface area contributed by atoms with Crippen molar-refractivity contribution < 1.29 is 46.1 Å². The van der Waals surface area contributed by atoms with E-state index in [1.54, 1.807) is 30.3 Å². The number of nitrogens with zero attached hydrogens (tertiary/aromatic N) is 4. The van der Waals surface area contributed by atoms with Crippen molar-refractivity contribution in [2.45, 2.75) is 53.2 Å². The first-order valence-electron chi connectivity index (χ1n) is 14.8. The van der Waals surface area contributed by atoms with Crippen LogP contribution in [0, 0.1) is 0 Å². The Bertz CT molecular complexity index is 1710. The molecule has 10 nitrogen and oxygen atoms in total. The van der Waals surface area contributed by atoms with E-state index < -0.39 is 35.4 Å². The number of Topliss-reactive ketones (excluding diaryl/α,β-unsaturated/α-hetero) is 1. The Kier molecular flexibility index (Phi) is 10.4. The van der Waals surface area contributed by atoms with E-state index in [0.29, 0.717) is 12.8 Å². The molecule has 11 heteroatoms. The van der Waals surface area contributed by atoms with Crippen LogP contribution in [0.25, 0.3) is 5.76 Å². The van der Waals surface area contributed by atoms with E-state index in [2.05, 4.69) is 15.1 Å². The summed E-state index contributed by atoms with van der Waals surface area (Å²) in [6, 6.07) is 16.5. The number of benzene rings is 3. The van der Waals surface area contributed by atoms with Gasteiger partial charge in [0.1, 0.15) is 12.3 Å². The summed E-state index contributed by atoms with van der Waals surface area (Å²) in [6.07, 6.45) is 1.03. The number of amides is 2. The van der Waals surface area contributed by atoms with Gasteiger partial charge in [0.05, 0.1) is 22.4 Å². The van der Waals surface area contributed by atoms with E-state index in [0.717, 1.165) is 29.2 Å². The molecule has 0 fully saturated rings. The predicted octanol–water partition coefficient (Wildman–Crippen LogP) is 5.68. The molecule has 0 atom stereocenters. The maximum Gasteiger partial charge on any atom is 2.00 e. The fourth-order valence-electron chi connectivity index (χ4n) is 5.66. The third-order valence-electron chi connectivity index (χ3n) is 8.10. The fourth-order valence-corrected chi connectivity index (χ4v) is 5.66. The zero-order valence-corrected chi connectivity index (χ0v) is 26.4. The molecule has 2 aliphatic rings. The van der Waals surface area contributed by atoms with Gasteiger partial charge >= 0.3 is 23.0 Å². The van der Waals surface area contributed by atoms with Crippen molar-refractivity contribution in [2.24, 2.45) is 10.2 Å². The second-order valence-electron chi connectivity index (χ2n) is 10.5. The largest absolute Gasteiger partial charge is 2.00 e. The minimum Gasteiger partial charge on any atom is -0.870 e.